The Morgan fingerprint density at radius 2 is 2.00 bits per heavy atom. The maximum Gasteiger partial charge on any atom is 0.191 e. The first-order valence-corrected chi connectivity index (χ1v) is 6.69. The number of aromatic nitrogens is 2. The van der Waals surface area contributed by atoms with Gasteiger partial charge >= 0.3 is 0 Å². The topological polar surface area (TPSA) is 70.1 Å². The molecule has 0 radical (unpaired) electrons. The van der Waals surface area contributed by atoms with E-state index < -0.39 is 0 Å². The van der Waals surface area contributed by atoms with Crippen molar-refractivity contribution in [3.63, 3.8) is 0 Å². The van der Waals surface area contributed by atoms with Crippen molar-refractivity contribution in [2.24, 2.45) is 5.41 Å². The molecular formula is C11H20N4OS. The van der Waals surface area contributed by atoms with Gasteiger partial charge < -0.3 is 15.7 Å². The van der Waals surface area contributed by atoms with E-state index in [1.807, 2.05) is 33.2 Å². The minimum absolute atomic E-state index is 0.138. The lowest BCUT2D eigenvalue weighted by Crippen LogP contribution is -2.27. The van der Waals surface area contributed by atoms with E-state index in [0.717, 1.165) is 16.8 Å². The summed E-state index contributed by atoms with van der Waals surface area (Å²) in [4.78, 5) is 8.64. The molecule has 0 fully saturated rings. The summed E-state index contributed by atoms with van der Waals surface area (Å²) >= 11 is 1.50. The molecule has 6 heteroatoms. The quantitative estimate of drug-likeness (QED) is 0.531. The smallest absolute Gasteiger partial charge is 0.191 e. The third-order valence-corrected chi connectivity index (χ3v) is 2.87. The lowest BCUT2D eigenvalue weighted by molar-refractivity contribution is 0.170. The number of rotatable bonds is 6. The Bertz CT molecular complexity index is 348. The zero-order chi connectivity index (χ0) is 12.9. The minimum atomic E-state index is -0.162. The van der Waals surface area contributed by atoms with Gasteiger partial charge in [-0.1, -0.05) is 25.6 Å². The number of aliphatic hydroxyl groups excluding tert-OH is 1. The van der Waals surface area contributed by atoms with Gasteiger partial charge in [0.05, 0.1) is 0 Å². The number of hydrogen-bond donors (Lipinski definition) is 3. The van der Waals surface area contributed by atoms with Gasteiger partial charge in [0.1, 0.15) is 11.6 Å². The van der Waals surface area contributed by atoms with Gasteiger partial charge in [0.25, 0.3) is 0 Å². The Labute approximate surface area is 106 Å². The fraction of sp³-hybridized carbons (Fsp3) is 0.636. The van der Waals surface area contributed by atoms with Crippen LogP contribution in [0, 0.1) is 5.41 Å². The maximum absolute atomic E-state index is 9.18. The van der Waals surface area contributed by atoms with E-state index in [1.54, 1.807) is 0 Å². The highest BCUT2D eigenvalue weighted by molar-refractivity contribution is 7.98. The summed E-state index contributed by atoms with van der Waals surface area (Å²) in [5.41, 5.74) is -0.162. The van der Waals surface area contributed by atoms with E-state index in [1.165, 1.54) is 11.8 Å². The van der Waals surface area contributed by atoms with Crippen LogP contribution in [0.1, 0.15) is 13.8 Å². The first-order chi connectivity index (χ1) is 8.00. The number of nitrogens with one attached hydrogen (secondary N) is 2. The lowest BCUT2D eigenvalue weighted by Gasteiger charge is -2.22. The molecule has 1 aromatic heterocycles. The van der Waals surface area contributed by atoms with Gasteiger partial charge in [-0.05, 0) is 6.26 Å². The predicted molar refractivity (Wildman–Crippen MR) is 72.7 cm³/mol. The van der Waals surface area contributed by atoms with Crippen LogP contribution in [0.4, 0.5) is 11.6 Å². The molecule has 0 unspecified atom stereocenters. The molecule has 0 saturated heterocycles. The number of anilines is 2. The molecule has 0 aliphatic rings. The highest BCUT2D eigenvalue weighted by atomic mass is 32.2. The van der Waals surface area contributed by atoms with Crippen molar-refractivity contribution in [2.75, 3.05) is 37.1 Å². The SMILES string of the molecule is CNc1cc(NCC(C)(C)CO)nc(SC)n1. The number of hydrogen-bond acceptors (Lipinski definition) is 6. The van der Waals surface area contributed by atoms with E-state index in [-0.39, 0.29) is 12.0 Å². The van der Waals surface area contributed by atoms with E-state index in [4.69, 9.17) is 0 Å². The zero-order valence-corrected chi connectivity index (χ0v) is 11.6. The van der Waals surface area contributed by atoms with Gasteiger partial charge in [0, 0.05) is 31.7 Å². The molecule has 1 rings (SSSR count). The Morgan fingerprint density at radius 1 is 1.35 bits per heavy atom. The van der Waals surface area contributed by atoms with Crippen LogP contribution in [0.5, 0.6) is 0 Å². The molecule has 96 valence electrons. The summed E-state index contributed by atoms with van der Waals surface area (Å²) in [7, 11) is 1.83. The van der Waals surface area contributed by atoms with Crippen LogP contribution in [0.25, 0.3) is 0 Å². The monoisotopic (exact) mass is 256 g/mol. The highest BCUT2D eigenvalue weighted by Crippen LogP contribution is 2.19. The fourth-order valence-corrected chi connectivity index (χ4v) is 1.50. The lowest BCUT2D eigenvalue weighted by atomic mass is 9.95. The van der Waals surface area contributed by atoms with Crippen molar-refractivity contribution in [3.8, 4) is 0 Å². The number of nitrogens with zero attached hydrogens (tertiary/aromatic N) is 2. The van der Waals surface area contributed by atoms with Gasteiger partial charge in [-0.15, -0.1) is 0 Å². The largest absolute Gasteiger partial charge is 0.396 e. The molecule has 1 heterocycles. The molecule has 0 atom stereocenters. The molecule has 0 aliphatic heterocycles. The van der Waals surface area contributed by atoms with Gasteiger partial charge in [0.2, 0.25) is 0 Å². The Kier molecular flexibility index (Phi) is 5.02. The van der Waals surface area contributed by atoms with Gasteiger partial charge in [-0.2, -0.15) is 0 Å². The molecule has 17 heavy (non-hydrogen) atoms. The molecule has 0 spiro atoms. The summed E-state index contributed by atoms with van der Waals surface area (Å²) in [6, 6.07) is 1.85. The molecule has 0 amide bonds. The summed E-state index contributed by atoms with van der Waals surface area (Å²) in [5.74, 6) is 1.56. The third-order valence-electron chi connectivity index (χ3n) is 2.32. The van der Waals surface area contributed by atoms with E-state index in [9.17, 15) is 5.11 Å². The standard InChI is InChI=1S/C11H20N4OS/c1-11(2,7-16)6-13-9-5-8(12-3)14-10(15-9)17-4/h5,16H,6-7H2,1-4H3,(H2,12,13,14,15). The van der Waals surface area contributed by atoms with Crippen LogP contribution >= 0.6 is 11.8 Å². The molecule has 0 aromatic carbocycles. The summed E-state index contributed by atoms with van der Waals surface area (Å²) in [6.07, 6.45) is 1.94. The maximum atomic E-state index is 9.18. The fourth-order valence-electron chi connectivity index (χ4n) is 1.12. The Balaban J connectivity index is 2.76. The zero-order valence-electron chi connectivity index (χ0n) is 10.7. The predicted octanol–water partition coefficient (Wildman–Crippen LogP) is 1.67. The van der Waals surface area contributed by atoms with Gasteiger partial charge in [-0.25, -0.2) is 9.97 Å². The minimum Gasteiger partial charge on any atom is -0.396 e. The van der Waals surface area contributed by atoms with E-state index in [2.05, 4.69) is 20.6 Å². The molecule has 5 nitrogen and oxygen atoms in total. The molecule has 0 aliphatic carbocycles. The average Bonchev–Trinajstić information content (AvgIpc) is 2.36. The Morgan fingerprint density at radius 3 is 2.53 bits per heavy atom. The van der Waals surface area contributed by atoms with E-state index >= 15 is 0 Å². The number of thioether (sulfide) groups is 1. The van der Waals surface area contributed by atoms with Crippen LogP contribution in [0.3, 0.4) is 0 Å². The van der Waals surface area contributed by atoms with Gasteiger partial charge in [0.15, 0.2) is 5.16 Å². The van der Waals surface area contributed by atoms with Crippen molar-refractivity contribution in [3.05, 3.63) is 6.07 Å². The van der Waals surface area contributed by atoms with Crippen molar-refractivity contribution < 1.29 is 5.11 Å². The van der Waals surface area contributed by atoms with Crippen molar-refractivity contribution >= 4 is 23.4 Å². The van der Waals surface area contributed by atoms with E-state index in [0.29, 0.717) is 6.54 Å². The first-order valence-electron chi connectivity index (χ1n) is 5.46. The van der Waals surface area contributed by atoms with Crippen LogP contribution in [0.15, 0.2) is 11.2 Å². The normalized spacial score (nSPS) is 11.4. The Hall–Kier alpha value is -1.01. The molecule has 1 aromatic rings. The third kappa shape index (κ3) is 4.40. The summed E-state index contributed by atoms with van der Waals surface area (Å²) in [5, 5.41) is 16.1. The van der Waals surface area contributed by atoms with Crippen LogP contribution in [0.2, 0.25) is 0 Å². The van der Waals surface area contributed by atoms with Crippen LogP contribution < -0.4 is 10.6 Å². The average molecular weight is 256 g/mol. The molecular weight excluding hydrogens is 236 g/mol. The molecule has 0 saturated carbocycles. The van der Waals surface area contributed by atoms with Crippen molar-refractivity contribution in [2.45, 2.75) is 19.0 Å². The van der Waals surface area contributed by atoms with Crippen molar-refractivity contribution in [1.29, 1.82) is 0 Å². The second-order valence-corrected chi connectivity index (χ2v) is 5.32. The van der Waals surface area contributed by atoms with Crippen molar-refractivity contribution in [1.82, 2.24) is 9.97 Å². The molecule has 3 N–H and O–H groups in total. The van der Waals surface area contributed by atoms with Crippen LogP contribution in [-0.2, 0) is 0 Å². The van der Waals surface area contributed by atoms with Gasteiger partial charge in [-0.3, -0.25) is 0 Å². The molecule has 0 bridgehead atoms. The highest BCUT2D eigenvalue weighted by Gasteiger charge is 2.16. The summed E-state index contributed by atoms with van der Waals surface area (Å²) in [6.45, 7) is 4.79. The second kappa shape index (κ2) is 6.07. The number of aliphatic hydroxyl groups is 1. The first kappa shape index (κ1) is 14.1. The second-order valence-electron chi connectivity index (χ2n) is 4.55. The summed E-state index contributed by atoms with van der Waals surface area (Å²) < 4.78 is 0. The van der Waals surface area contributed by atoms with Crippen LogP contribution in [-0.4, -0.2) is 41.5 Å².